The minimum Gasteiger partial charge on any atom is -0.199 e. The van der Waals surface area contributed by atoms with Crippen LogP contribution in [0.2, 0.25) is 0 Å². The molecule has 0 amide bonds. The van der Waals surface area contributed by atoms with Gasteiger partial charge >= 0.3 is 0 Å². The number of hydrogen-bond acceptors (Lipinski definition) is 0. The first kappa shape index (κ1) is 22.8. The summed E-state index contributed by atoms with van der Waals surface area (Å²) in [6, 6.07) is 0. The van der Waals surface area contributed by atoms with E-state index in [1.165, 1.54) is 0 Å². The highest BCUT2D eigenvalue weighted by Crippen LogP contribution is 2.04. The van der Waals surface area contributed by atoms with Crippen LogP contribution in [-0.2, 0) is 0 Å². The molecule has 1 nitrogen and oxygen atoms in total. The van der Waals surface area contributed by atoms with Crippen LogP contribution in [0.4, 0.5) is 0 Å². The van der Waals surface area contributed by atoms with E-state index < -0.39 is 0 Å². The van der Waals surface area contributed by atoms with E-state index in [0.717, 1.165) is 17.8 Å². The number of hydrogen-bond donors (Lipinski definition) is 0. The predicted molar refractivity (Wildman–Crippen MR) is 92.0 cm³/mol. The third-order valence-corrected chi connectivity index (χ3v) is 2.11. The molecule has 0 unspecified atom stereocenters. The Kier molecular flexibility index (Phi) is 19.9. The van der Waals surface area contributed by atoms with E-state index in [1.807, 2.05) is 59.0 Å². The van der Waals surface area contributed by atoms with Gasteiger partial charge in [0.1, 0.15) is 0 Å². The highest BCUT2D eigenvalue weighted by Gasteiger charge is 2.13. The van der Waals surface area contributed by atoms with Crippen molar-refractivity contribution in [3.05, 3.63) is 49.7 Å². The molecule has 1 heteroatoms. The van der Waals surface area contributed by atoms with Crippen molar-refractivity contribution in [1.82, 2.24) is 0 Å². The fourth-order valence-corrected chi connectivity index (χ4v) is 1.44. The van der Waals surface area contributed by atoms with Gasteiger partial charge in [-0.1, -0.05) is 66.9 Å². The lowest BCUT2D eigenvalue weighted by Gasteiger charge is -2.06. The van der Waals surface area contributed by atoms with Crippen LogP contribution in [0, 0.1) is 5.92 Å². The quantitative estimate of drug-likeness (QED) is 0.333. The van der Waals surface area contributed by atoms with Crippen molar-refractivity contribution in [2.45, 2.75) is 48.5 Å². The first-order valence-corrected chi connectivity index (χ1v) is 7.28. The van der Waals surface area contributed by atoms with Crippen LogP contribution in [0.1, 0.15) is 48.5 Å². The first-order chi connectivity index (χ1) is 9.10. The number of allylic oxidation sites excluding steroid dienone is 4. The Balaban J connectivity index is -0.000000579. The van der Waals surface area contributed by atoms with Crippen molar-refractivity contribution in [2.75, 3.05) is 6.54 Å². The van der Waals surface area contributed by atoms with Gasteiger partial charge in [-0.05, 0) is 13.5 Å². The molecule has 0 aromatic carbocycles. The zero-order valence-corrected chi connectivity index (χ0v) is 14.2. The highest BCUT2D eigenvalue weighted by atomic mass is 15.0. The van der Waals surface area contributed by atoms with E-state index in [4.69, 9.17) is 0 Å². The van der Waals surface area contributed by atoms with E-state index in [-0.39, 0.29) is 0 Å². The molecule has 0 bridgehead atoms. The lowest BCUT2D eigenvalue weighted by molar-refractivity contribution is -0.462. The van der Waals surface area contributed by atoms with E-state index in [9.17, 15) is 0 Å². The van der Waals surface area contributed by atoms with Crippen LogP contribution in [0.25, 0.3) is 0 Å². The van der Waals surface area contributed by atoms with E-state index >= 15 is 0 Å². The van der Waals surface area contributed by atoms with Gasteiger partial charge < -0.3 is 0 Å². The van der Waals surface area contributed by atoms with E-state index in [1.54, 1.807) is 0 Å². The van der Waals surface area contributed by atoms with Gasteiger partial charge in [0.05, 0.1) is 0 Å². The Morgan fingerprint density at radius 1 is 1.00 bits per heavy atom. The molecule has 0 rings (SSSR count). The molecule has 0 aromatic heterocycles. The summed E-state index contributed by atoms with van der Waals surface area (Å²) in [6.45, 7) is 26.8. The molecule has 0 saturated carbocycles. The van der Waals surface area contributed by atoms with Gasteiger partial charge in [0.15, 0.2) is 12.7 Å². The van der Waals surface area contributed by atoms with Crippen LogP contribution >= 0.6 is 0 Å². The summed E-state index contributed by atoms with van der Waals surface area (Å²) in [5.41, 5.74) is 2.15. The zero-order valence-electron chi connectivity index (χ0n) is 14.2. The van der Waals surface area contributed by atoms with Crippen molar-refractivity contribution in [2.24, 2.45) is 5.92 Å². The molecule has 0 radical (unpaired) electrons. The highest BCUT2D eigenvalue weighted by molar-refractivity contribution is 6.06. The Morgan fingerprint density at radius 3 is 1.68 bits per heavy atom. The molecular weight excluding hydrogens is 230 g/mol. The van der Waals surface area contributed by atoms with Crippen molar-refractivity contribution in [3.63, 3.8) is 0 Å². The summed E-state index contributed by atoms with van der Waals surface area (Å²) in [7, 11) is 0. The summed E-state index contributed by atoms with van der Waals surface area (Å²) < 4.78 is 2.11. The Bertz CT molecular complexity index is 304. The minimum atomic E-state index is 0.584. The smallest absolute Gasteiger partial charge is 0.199 e. The maximum absolute atomic E-state index is 3.84. The fourth-order valence-electron chi connectivity index (χ4n) is 1.44. The average molecular weight is 264 g/mol. The van der Waals surface area contributed by atoms with Crippen LogP contribution in [0.5, 0.6) is 0 Å². The Morgan fingerprint density at radius 2 is 1.47 bits per heavy atom. The second-order valence-electron chi connectivity index (χ2n) is 3.77. The number of rotatable bonds is 6. The lowest BCUT2D eigenvalue weighted by Crippen LogP contribution is -2.20. The lowest BCUT2D eigenvalue weighted by atomic mass is 10.1. The molecule has 0 fully saturated rings. The summed E-state index contributed by atoms with van der Waals surface area (Å²) in [4.78, 5) is 0. The predicted octanol–water partition coefficient (Wildman–Crippen LogP) is 5.61. The molecule has 0 aliphatic heterocycles. The summed E-state index contributed by atoms with van der Waals surface area (Å²) in [5, 5.41) is 0. The fraction of sp³-hybridized carbons (Fsp3) is 0.500. The summed E-state index contributed by atoms with van der Waals surface area (Å²) in [5.74, 6) is 0.584. The third kappa shape index (κ3) is 10.3. The molecule has 110 valence electrons. The largest absolute Gasteiger partial charge is 0.211 e. The van der Waals surface area contributed by atoms with Gasteiger partial charge in [-0.15, -0.1) is 0 Å². The molecule has 0 atom stereocenters. The van der Waals surface area contributed by atoms with Crippen LogP contribution in [0.3, 0.4) is 0 Å². The van der Waals surface area contributed by atoms with E-state index in [2.05, 4.69) is 38.2 Å². The third-order valence-electron chi connectivity index (χ3n) is 2.11. The summed E-state index contributed by atoms with van der Waals surface area (Å²) in [6.07, 6.45) is 7.56. The normalized spacial score (nSPS) is 11.3. The minimum absolute atomic E-state index is 0.584. The topological polar surface area (TPSA) is 3.01 Å². The Hall–Kier alpha value is -1.37. The SMILES string of the molecule is C=CC(/C(C=C)=C\C)=[N+](C=C)CC(C)C.CC.CC. The molecule has 0 spiro atoms. The van der Waals surface area contributed by atoms with Crippen molar-refractivity contribution in [1.29, 1.82) is 0 Å². The molecule has 0 saturated heterocycles. The van der Waals surface area contributed by atoms with Crippen LogP contribution < -0.4 is 0 Å². The summed E-state index contributed by atoms with van der Waals surface area (Å²) >= 11 is 0. The molecule has 0 N–H and O–H groups in total. The van der Waals surface area contributed by atoms with Gasteiger partial charge in [0, 0.05) is 17.6 Å². The van der Waals surface area contributed by atoms with Gasteiger partial charge in [-0.3, -0.25) is 0 Å². The Labute approximate surface area is 121 Å². The van der Waals surface area contributed by atoms with Crippen molar-refractivity contribution < 1.29 is 4.58 Å². The van der Waals surface area contributed by atoms with Crippen LogP contribution in [-0.4, -0.2) is 16.8 Å². The molecule has 0 aromatic rings. The van der Waals surface area contributed by atoms with Gasteiger partial charge in [0.25, 0.3) is 0 Å². The molecule has 19 heavy (non-hydrogen) atoms. The maximum atomic E-state index is 3.84. The van der Waals surface area contributed by atoms with Crippen LogP contribution in [0.15, 0.2) is 49.7 Å². The zero-order chi connectivity index (χ0) is 15.8. The standard InChI is InChI=1S/C14H22N.2C2H6/c1-7-13(8-2)14(9-3)15(10-4)11-12(5)6;2*1-2/h7-10,12H,1,3-4,11H2,2,5-6H3;2*1-2H3/q+1;;/b13-8-,15-14?;;. The van der Waals surface area contributed by atoms with Crippen molar-refractivity contribution >= 4 is 5.71 Å². The number of nitrogens with zero attached hydrogens (tertiary/aromatic N) is 1. The van der Waals surface area contributed by atoms with Crippen molar-refractivity contribution in [3.8, 4) is 0 Å². The second-order valence-corrected chi connectivity index (χ2v) is 3.77. The molecule has 0 heterocycles. The van der Waals surface area contributed by atoms with Gasteiger partial charge in [-0.2, -0.15) is 4.58 Å². The maximum Gasteiger partial charge on any atom is 0.211 e. The molecule has 0 aliphatic carbocycles. The second kappa shape index (κ2) is 16.6. The van der Waals surface area contributed by atoms with Gasteiger partial charge in [0.2, 0.25) is 5.71 Å². The van der Waals surface area contributed by atoms with Gasteiger partial charge in [-0.25, -0.2) is 0 Å². The molecule has 0 aliphatic rings. The monoisotopic (exact) mass is 264 g/mol. The van der Waals surface area contributed by atoms with E-state index in [0.29, 0.717) is 5.92 Å². The first-order valence-electron chi connectivity index (χ1n) is 7.28. The molecular formula is C18H34N+. The average Bonchev–Trinajstić information content (AvgIpc) is 2.46.